The van der Waals surface area contributed by atoms with Gasteiger partial charge in [0.2, 0.25) is 0 Å². The van der Waals surface area contributed by atoms with Gasteiger partial charge in [0.25, 0.3) is 5.91 Å². The number of ether oxygens (including phenoxy) is 1. The van der Waals surface area contributed by atoms with Gasteiger partial charge in [-0.05, 0) is 39.3 Å². The van der Waals surface area contributed by atoms with Crippen molar-refractivity contribution in [2.75, 3.05) is 18.2 Å². The quantitative estimate of drug-likeness (QED) is 0.646. The number of hydrazone groups is 2. The third kappa shape index (κ3) is 4.81. The van der Waals surface area contributed by atoms with Crippen molar-refractivity contribution in [2.24, 2.45) is 10.2 Å². The van der Waals surface area contributed by atoms with Crippen LogP contribution in [0.1, 0.15) is 37.6 Å². The molecular weight excluding hydrogens is 334 g/mol. The number of amides is 2. The van der Waals surface area contributed by atoms with Crippen molar-refractivity contribution in [3.63, 3.8) is 0 Å². The van der Waals surface area contributed by atoms with Gasteiger partial charge in [0.05, 0.1) is 17.3 Å². The molecule has 1 aliphatic heterocycles. The number of rotatable bonds is 5. The van der Waals surface area contributed by atoms with Crippen LogP contribution in [0.15, 0.2) is 34.5 Å². The minimum Gasteiger partial charge on any atom is -0.444 e. The molecule has 1 N–H and O–H groups in total. The van der Waals surface area contributed by atoms with Crippen LogP contribution in [-0.4, -0.2) is 55.1 Å². The summed E-state index contributed by atoms with van der Waals surface area (Å²) in [5.74, 6) is -0.161. The van der Waals surface area contributed by atoms with E-state index in [0.29, 0.717) is 30.8 Å². The van der Waals surface area contributed by atoms with Crippen LogP contribution in [0.5, 0.6) is 0 Å². The maximum absolute atomic E-state index is 12.9. The molecule has 0 bridgehead atoms. The van der Waals surface area contributed by atoms with Crippen molar-refractivity contribution < 1.29 is 14.3 Å². The van der Waals surface area contributed by atoms with Gasteiger partial charge in [-0.1, -0.05) is 12.1 Å². The summed E-state index contributed by atoms with van der Waals surface area (Å²) in [6.07, 6.45) is 0.186. The molecule has 1 atom stereocenters. The Morgan fingerprint density at radius 2 is 1.92 bits per heavy atom. The molecule has 8 nitrogen and oxygen atoms in total. The standard InChI is InChI=1S/C18H25N5O3/c1-18(2,3)26-17(25)21-13-10-11-22(12-13)16(24)14-8-6-7-9-15(14)23(19-4)20-5/h6-9,13H,4-5,10-12H2,1-3H3,(H,21,25). The van der Waals surface area contributed by atoms with Crippen LogP contribution in [0.2, 0.25) is 0 Å². The van der Waals surface area contributed by atoms with Crippen molar-refractivity contribution in [3.8, 4) is 0 Å². The zero-order chi connectivity index (χ0) is 19.3. The predicted molar refractivity (Wildman–Crippen MR) is 102 cm³/mol. The minimum absolute atomic E-state index is 0.146. The summed E-state index contributed by atoms with van der Waals surface area (Å²) >= 11 is 0. The maximum atomic E-state index is 12.9. The van der Waals surface area contributed by atoms with Crippen molar-refractivity contribution in [1.29, 1.82) is 0 Å². The maximum Gasteiger partial charge on any atom is 0.407 e. The zero-order valence-electron chi connectivity index (χ0n) is 15.4. The Morgan fingerprint density at radius 3 is 2.54 bits per heavy atom. The molecule has 2 amide bonds. The van der Waals surface area contributed by atoms with Crippen molar-refractivity contribution in [1.82, 2.24) is 10.2 Å². The Morgan fingerprint density at radius 1 is 1.27 bits per heavy atom. The van der Waals surface area contributed by atoms with E-state index in [0.717, 1.165) is 0 Å². The summed E-state index contributed by atoms with van der Waals surface area (Å²) in [6, 6.07) is 6.84. The van der Waals surface area contributed by atoms with Crippen LogP contribution < -0.4 is 10.4 Å². The van der Waals surface area contributed by atoms with E-state index >= 15 is 0 Å². The highest BCUT2D eigenvalue weighted by Crippen LogP contribution is 2.24. The molecule has 1 aromatic rings. The largest absolute Gasteiger partial charge is 0.444 e. The van der Waals surface area contributed by atoms with E-state index in [-0.39, 0.29) is 11.9 Å². The number of likely N-dealkylation sites (tertiary alicyclic amines) is 1. The average Bonchev–Trinajstić information content (AvgIpc) is 3.02. The highest BCUT2D eigenvalue weighted by molar-refractivity contribution is 6.00. The summed E-state index contributed by atoms with van der Waals surface area (Å²) in [5.41, 5.74) is 0.395. The third-order valence-electron chi connectivity index (χ3n) is 3.81. The number of hydrogen-bond donors (Lipinski definition) is 1. The molecule has 8 heteroatoms. The lowest BCUT2D eigenvalue weighted by Crippen LogP contribution is -2.41. The lowest BCUT2D eigenvalue weighted by atomic mass is 10.1. The summed E-state index contributed by atoms with van der Waals surface area (Å²) in [6.45, 7) is 13.2. The summed E-state index contributed by atoms with van der Waals surface area (Å²) in [4.78, 5) is 26.5. The SMILES string of the molecule is C=NN(N=C)c1ccccc1C(=O)N1CCC(NC(=O)OC(C)(C)C)C1. The van der Waals surface area contributed by atoms with E-state index in [2.05, 4.69) is 29.0 Å². The number of alkyl carbamates (subject to hydrolysis) is 1. The summed E-state index contributed by atoms with van der Waals surface area (Å²) in [7, 11) is 0. The Bertz CT molecular complexity index is 690. The van der Waals surface area contributed by atoms with Crippen molar-refractivity contribution in [2.45, 2.75) is 38.8 Å². The van der Waals surface area contributed by atoms with E-state index in [9.17, 15) is 9.59 Å². The zero-order valence-corrected chi connectivity index (χ0v) is 15.4. The van der Waals surface area contributed by atoms with Crippen LogP contribution in [-0.2, 0) is 4.74 Å². The molecule has 1 unspecified atom stereocenters. The Labute approximate surface area is 153 Å². The molecule has 1 heterocycles. The first-order chi connectivity index (χ1) is 12.2. The first kappa shape index (κ1) is 19.4. The molecule has 0 radical (unpaired) electrons. The molecule has 1 aliphatic rings. The van der Waals surface area contributed by atoms with Crippen LogP contribution in [0.25, 0.3) is 0 Å². The van der Waals surface area contributed by atoms with Crippen LogP contribution in [0.4, 0.5) is 10.5 Å². The fraction of sp³-hybridized carbons (Fsp3) is 0.444. The highest BCUT2D eigenvalue weighted by Gasteiger charge is 2.30. The molecule has 26 heavy (non-hydrogen) atoms. The fourth-order valence-electron chi connectivity index (χ4n) is 2.73. The van der Waals surface area contributed by atoms with Gasteiger partial charge in [0, 0.05) is 26.5 Å². The molecule has 0 aromatic heterocycles. The molecule has 2 rings (SSSR count). The monoisotopic (exact) mass is 359 g/mol. The predicted octanol–water partition coefficient (Wildman–Crippen LogP) is 2.46. The summed E-state index contributed by atoms with van der Waals surface area (Å²) in [5, 5.41) is 11.5. The van der Waals surface area contributed by atoms with Gasteiger partial charge in [-0.3, -0.25) is 4.79 Å². The van der Waals surface area contributed by atoms with E-state index in [1.807, 2.05) is 0 Å². The number of anilines is 1. The second-order valence-corrected chi connectivity index (χ2v) is 6.97. The minimum atomic E-state index is -0.560. The Kier molecular flexibility index (Phi) is 5.97. The second-order valence-electron chi connectivity index (χ2n) is 6.97. The Hall–Kier alpha value is -2.90. The van der Waals surface area contributed by atoms with E-state index < -0.39 is 11.7 Å². The normalized spacial score (nSPS) is 16.7. The molecule has 1 aromatic carbocycles. The van der Waals surface area contributed by atoms with Gasteiger partial charge in [-0.25, -0.2) is 4.79 Å². The lowest BCUT2D eigenvalue weighted by molar-refractivity contribution is 0.0502. The molecule has 1 fully saturated rings. The van der Waals surface area contributed by atoms with Gasteiger partial charge in [0.1, 0.15) is 5.60 Å². The second kappa shape index (κ2) is 7.99. The Balaban J connectivity index is 2.05. The number of nitrogens with zero attached hydrogens (tertiary/aromatic N) is 4. The lowest BCUT2D eigenvalue weighted by Gasteiger charge is -2.22. The molecule has 0 aliphatic carbocycles. The smallest absolute Gasteiger partial charge is 0.407 e. The topological polar surface area (TPSA) is 86.6 Å². The molecule has 0 spiro atoms. The van der Waals surface area contributed by atoms with Crippen LogP contribution in [0, 0.1) is 0 Å². The number of nitrogens with one attached hydrogen (secondary N) is 1. The van der Waals surface area contributed by atoms with Gasteiger partial charge in [0.15, 0.2) is 0 Å². The number of hydrogen-bond acceptors (Lipinski definition) is 6. The van der Waals surface area contributed by atoms with E-state index in [1.165, 1.54) is 5.12 Å². The number of benzene rings is 1. The van der Waals surface area contributed by atoms with E-state index in [4.69, 9.17) is 4.74 Å². The van der Waals surface area contributed by atoms with Crippen LogP contribution >= 0.6 is 0 Å². The highest BCUT2D eigenvalue weighted by atomic mass is 16.6. The first-order valence-corrected chi connectivity index (χ1v) is 8.36. The number of para-hydroxylation sites is 1. The molecule has 0 saturated carbocycles. The number of carbonyl (C=O) groups is 2. The van der Waals surface area contributed by atoms with Gasteiger partial charge in [-0.2, -0.15) is 15.3 Å². The molecule has 1 saturated heterocycles. The molecular formula is C18H25N5O3. The first-order valence-electron chi connectivity index (χ1n) is 8.36. The van der Waals surface area contributed by atoms with Gasteiger partial charge in [-0.15, -0.1) is 0 Å². The van der Waals surface area contributed by atoms with Gasteiger partial charge >= 0.3 is 6.09 Å². The van der Waals surface area contributed by atoms with Crippen LogP contribution in [0.3, 0.4) is 0 Å². The van der Waals surface area contributed by atoms with Crippen molar-refractivity contribution >= 4 is 31.1 Å². The average molecular weight is 359 g/mol. The fourth-order valence-corrected chi connectivity index (χ4v) is 2.73. The van der Waals surface area contributed by atoms with Gasteiger partial charge < -0.3 is 15.0 Å². The van der Waals surface area contributed by atoms with E-state index in [1.54, 1.807) is 49.9 Å². The number of carbonyl (C=O) groups excluding carboxylic acids is 2. The molecule has 140 valence electrons. The summed E-state index contributed by atoms with van der Waals surface area (Å²) < 4.78 is 5.26. The third-order valence-corrected chi connectivity index (χ3v) is 3.81. The van der Waals surface area contributed by atoms with Crippen molar-refractivity contribution in [3.05, 3.63) is 29.8 Å².